The average Bonchev–Trinajstić information content (AvgIpc) is 3.28. The van der Waals surface area contributed by atoms with Crippen LogP contribution in [0.25, 0.3) is 11.3 Å². The molecule has 3 rings (SSSR count). The third kappa shape index (κ3) is 5.02. The fourth-order valence-electron chi connectivity index (χ4n) is 2.82. The Hall–Kier alpha value is -2.13. The van der Waals surface area contributed by atoms with Crippen molar-refractivity contribution in [1.29, 1.82) is 0 Å². The van der Waals surface area contributed by atoms with Crippen molar-refractivity contribution < 1.29 is 13.5 Å². The molecular formula is C19H22BrF2N5O. The van der Waals surface area contributed by atoms with E-state index in [9.17, 15) is 8.78 Å². The summed E-state index contributed by atoms with van der Waals surface area (Å²) in [5.41, 5.74) is 1.44. The lowest BCUT2D eigenvalue weighted by Gasteiger charge is -2.22. The molecule has 150 valence electrons. The van der Waals surface area contributed by atoms with Crippen molar-refractivity contribution in [3.8, 4) is 11.3 Å². The van der Waals surface area contributed by atoms with Crippen molar-refractivity contribution in [3.63, 3.8) is 0 Å². The minimum atomic E-state index is -2.71. The van der Waals surface area contributed by atoms with Gasteiger partial charge >= 0.3 is 6.55 Å². The topological polar surface area (TPSA) is 57.8 Å². The molecule has 0 bridgehead atoms. The highest BCUT2D eigenvalue weighted by atomic mass is 79.9. The Bertz CT molecular complexity index is 902. The first-order valence-electron chi connectivity index (χ1n) is 8.86. The summed E-state index contributed by atoms with van der Waals surface area (Å²) in [4.78, 5) is 4.49. The first-order chi connectivity index (χ1) is 13.2. The predicted molar refractivity (Wildman–Crippen MR) is 105 cm³/mol. The monoisotopic (exact) mass is 453 g/mol. The molecule has 0 saturated heterocycles. The lowest BCUT2D eigenvalue weighted by atomic mass is 10.1. The third-order valence-electron chi connectivity index (χ3n) is 4.09. The molecule has 3 aromatic rings. The van der Waals surface area contributed by atoms with Gasteiger partial charge in [-0.1, -0.05) is 0 Å². The molecule has 0 N–H and O–H groups in total. The molecule has 0 saturated carbocycles. The van der Waals surface area contributed by atoms with Crippen LogP contribution >= 0.6 is 15.9 Å². The Morgan fingerprint density at radius 3 is 2.57 bits per heavy atom. The SMILES string of the molecule is CC(C)(C)OCCC(c1ccc(Br)cn1)n1cc(-c2ccnn2C(F)F)cn1. The van der Waals surface area contributed by atoms with E-state index in [1.807, 2.05) is 32.9 Å². The van der Waals surface area contributed by atoms with Gasteiger partial charge in [0.15, 0.2) is 0 Å². The number of halogens is 3. The van der Waals surface area contributed by atoms with Gasteiger partial charge in [0.1, 0.15) is 0 Å². The molecule has 1 unspecified atom stereocenters. The first-order valence-corrected chi connectivity index (χ1v) is 9.65. The average molecular weight is 454 g/mol. The number of nitrogens with zero attached hydrogens (tertiary/aromatic N) is 5. The molecule has 0 aliphatic heterocycles. The van der Waals surface area contributed by atoms with Crippen molar-refractivity contribution in [2.75, 3.05) is 6.61 Å². The molecule has 0 aromatic carbocycles. The summed E-state index contributed by atoms with van der Waals surface area (Å²) in [7, 11) is 0. The van der Waals surface area contributed by atoms with E-state index in [-0.39, 0.29) is 11.6 Å². The molecule has 0 aliphatic carbocycles. The van der Waals surface area contributed by atoms with Crippen LogP contribution in [0, 0.1) is 0 Å². The van der Waals surface area contributed by atoms with E-state index in [1.54, 1.807) is 29.3 Å². The maximum absolute atomic E-state index is 13.1. The minimum absolute atomic E-state index is 0.188. The largest absolute Gasteiger partial charge is 0.376 e. The van der Waals surface area contributed by atoms with Gasteiger partial charge in [0.2, 0.25) is 0 Å². The van der Waals surface area contributed by atoms with Gasteiger partial charge in [-0.25, -0.2) is 4.68 Å². The third-order valence-corrected chi connectivity index (χ3v) is 4.56. The van der Waals surface area contributed by atoms with Gasteiger partial charge < -0.3 is 4.74 Å². The Morgan fingerprint density at radius 2 is 1.93 bits per heavy atom. The number of hydrogen-bond donors (Lipinski definition) is 0. The Labute approximate surface area is 170 Å². The summed E-state index contributed by atoms with van der Waals surface area (Å²) >= 11 is 3.39. The number of alkyl halides is 2. The van der Waals surface area contributed by atoms with Crippen molar-refractivity contribution in [3.05, 3.63) is 53.2 Å². The molecule has 0 spiro atoms. The molecule has 9 heteroatoms. The van der Waals surface area contributed by atoms with Gasteiger partial charge in [0.25, 0.3) is 0 Å². The summed E-state index contributed by atoms with van der Waals surface area (Å²) in [6, 6.07) is 5.18. The molecule has 1 atom stereocenters. The van der Waals surface area contributed by atoms with E-state index in [4.69, 9.17) is 4.74 Å². The fourth-order valence-corrected chi connectivity index (χ4v) is 3.05. The lowest BCUT2D eigenvalue weighted by Crippen LogP contribution is -2.22. The van der Waals surface area contributed by atoms with Gasteiger partial charge in [-0.3, -0.25) is 9.67 Å². The van der Waals surface area contributed by atoms with E-state index in [0.717, 1.165) is 10.2 Å². The van der Waals surface area contributed by atoms with E-state index in [0.29, 0.717) is 29.0 Å². The van der Waals surface area contributed by atoms with Crippen LogP contribution in [-0.4, -0.2) is 36.8 Å². The number of ether oxygens (including phenoxy) is 1. The van der Waals surface area contributed by atoms with E-state index < -0.39 is 6.55 Å². The predicted octanol–water partition coefficient (Wildman–Crippen LogP) is 5.09. The van der Waals surface area contributed by atoms with Crippen molar-refractivity contribution in [2.45, 2.75) is 45.4 Å². The van der Waals surface area contributed by atoms with Crippen molar-refractivity contribution in [1.82, 2.24) is 24.5 Å². The van der Waals surface area contributed by atoms with Gasteiger partial charge in [-0.2, -0.15) is 19.0 Å². The van der Waals surface area contributed by atoms with Crippen LogP contribution in [-0.2, 0) is 4.74 Å². The lowest BCUT2D eigenvalue weighted by molar-refractivity contribution is -0.00766. The molecule has 6 nitrogen and oxygen atoms in total. The second kappa shape index (κ2) is 8.48. The first kappa shape index (κ1) is 20.6. The van der Waals surface area contributed by atoms with E-state index in [2.05, 4.69) is 31.1 Å². The standard InChI is InChI=1S/C19H22BrF2N5O/c1-19(2,3)28-9-7-17(15-5-4-14(20)11-23-15)26-12-13(10-25-26)16-6-8-24-27(16)18(21)22/h4-6,8,10-12,17-18H,7,9H2,1-3H3. The number of rotatable bonds is 7. The fraction of sp³-hybridized carbons (Fsp3) is 0.421. The zero-order valence-electron chi connectivity index (χ0n) is 15.9. The summed E-state index contributed by atoms with van der Waals surface area (Å²) in [5, 5.41) is 8.09. The van der Waals surface area contributed by atoms with Crippen LogP contribution in [0.1, 0.15) is 45.5 Å². The number of hydrogen-bond acceptors (Lipinski definition) is 4. The molecule has 0 radical (unpaired) electrons. The number of aromatic nitrogens is 5. The summed E-state index contributed by atoms with van der Waals surface area (Å²) in [5.74, 6) is 0. The normalized spacial score (nSPS) is 13.2. The van der Waals surface area contributed by atoms with Gasteiger partial charge in [-0.05, 0) is 61.3 Å². The Morgan fingerprint density at radius 1 is 1.14 bits per heavy atom. The molecule has 0 amide bonds. The number of pyridine rings is 1. The zero-order chi connectivity index (χ0) is 20.3. The van der Waals surface area contributed by atoms with E-state index >= 15 is 0 Å². The summed E-state index contributed by atoms with van der Waals surface area (Å²) in [6.45, 7) is 3.79. The maximum atomic E-state index is 13.1. The minimum Gasteiger partial charge on any atom is -0.376 e. The van der Waals surface area contributed by atoms with Crippen LogP contribution in [0.2, 0.25) is 0 Å². The smallest absolute Gasteiger partial charge is 0.333 e. The zero-order valence-corrected chi connectivity index (χ0v) is 17.5. The van der Waals surface area contributed by atoms with Gasteiger partial charge in [-0.15, -0.1) is 0 Å². The van der Waals surface area contributed by atoms with Crippen LogP contribution in [0.15, 0.2) is 47.5 Å². The van der Waals surface area contributed by atoms with Crippen molar-refractivity contribution >= 4 is 15.9 Å². The molecule has 28 heavy (non-hydrogen) atoms. The molecule has 3 aromatic heterocycles. The highest BCUT2D eigenvalue weighted by Crippen LogP contribution is 2.27. The quantitative estimate of drug-likeness (QED) is 0.499. The molecule has 3 heterocycles. The van der Waals surface area contributed by atoms with Crippen LogP contribution in [0.5, 0.6) is 0 Å². The van der Waals surface area contributed by atoms with Crippen LogP contribution in [0.4, 0.5) is 8.78 Å². The maximum Gasteiger partial charge on any atom is 0.333 e. The van der Waals surface area contributed by atoms with Crippen LogP contribution < -0.4 is 0 Å². The van der Waals surface area contributed by atoms with Gasteiger partial charge in [0, 0.05) is 35.2 Å². The van der Waals surface area contributed by atoms with E-state index in [1.165, 1.54) is 6.20 Å². The second-order valence-corrected chi connectivity index (χ2v) is 8.23. The second-order valence-electron chi connectivity index (χ2n) is 7.31. The van der Waals surface area contributed by atoms with Gasteiger partial charge in [0.05, 0.1) is 29.2 Å². The molecule has 0 aliphatic rings. The Balaban J connectivity index is 1.88. The van der Waals surface area contributed by atoms with Crippen molar-refractivity contribution in [2.24, 2.45) is 0 Å². The molecular weight excluding hydrogens is 432 g/mol. The molecule has 0 fully saturated rings. The summed E-state index contributed by atoms with van der Waals surface area (Å²) < 4.78 is 35.4. The highest BCUT2D eigenvalue weighted by Gasteiger charge is 2.21. The Kier molecular flexibility index (Phi) is 6.24. The highest BCUT2D eigenvalue weighted by molar-refractivity contribution is 9.10. The van der Waals surface area contributed by atoms with Crippen LogP contribution in [0.3, 0.4) is 0 Å². The summed E-state index contributed by atoms with van der Waals surface area (Å²) in [6.07, 6.45) is 7.02.